The number of carbonyl (C=O) groups is 1. The Kier molecular flexibility index (Phi) is 6.10. The lowest BCUT2D eigenvalue weighted by Gasteiger charge is -2.28. The number of hydrogen-bond acceptors (Lipinski definition) is 3. The van der Waals surface area contributed by atoms with E-state index < -0.39 is 0 Å². The van der Waals surface area contributed by atoms with Crippen LogP contribution in [0.2, 0.25) is 0 Å². The summed E-state index contributed by atoms with van der Waals surface area (Å²) in [4.78, 5) is 18.5. The van der Waals surface area contributed by atoms with E-state index in [0.29, 0.717) is 17.2 Å². The number of carbonyl (C=O) groups excluding carboxylic acids is 1. The van der Waals surface area contributed by atoms with Crippen LogP contribution in [0.25, 0.3) is 20.9 Å². The average Bonchev–Trinajstić information content (AvgIpc) is 2.68. The van der Waals surface area contributed by atoms with Gasteiger partial charge in [-0.2, -0.15) is 0 Å². The predicted molar refractivity (Wildman–Crippen MR) is 104 cm³/mol. The van der Waals surface area contributed by atoms with E-state index in [2.05, 4.69) is 20.1 Å². The molecular formula is C20H20N6O. The number of benzene rings is 2. The first-order valence-corrected chi connectivity index (χ1v) is 9.01. The van der Waals surface area contributed by atoms with Gasteiger partial charge in [-0.15, -0.1) is 0 Å². The maximum absolute atomic E-state index is 12.9. The topological polar surface area (TPSA) is 115 Å². The highest BCUT2D eigenvalue weighted by atomic mass is 16.1. The summed E-state index contributed by atoms with van der Waals surface area (Å²) >= 11 is 0. The molecule has 0 saturated heterocycles. The van der Waals surface area contributed by atoms with E-state index in [0.717, 1.165) is 43.2 Å². The summed E-state index contributed by atoms with van der Waals surface area (Å²) < 4.78 is 0. The van der Waals surface area contributed by atoms with Gasteiger partial charge in [0.05, 0.1) is 0 Å². The van der Waals surface area contributed by atoms with Gasteiger partial charge in [-0.25, -0.2) is 0 Å². The highest BCUT2D eigenvalue weighted by Crippen LogP contribution is 2.31. The van der Waals surface area contributed by atoms with Gasteiger partial charge < -0.3 is 0 Å². The quantitative estimate of drug-likeness (QED) is 0.334. The molecule has 2 unspecified atom stereocenters. The van der Waals surface area contributed by atoms with Crippen molar-refractivity contribution >= 4 is 17.2 Å². The van der Waals surface area contributed by atoms with Crippen LogP contribution in [0.1, 0.15) is 30.4 Å². The van der Waals surface area contributed by atoms with Crippen molar-refractivity contribution in [2.75, 3.05) is 0 Å². The van der Waals surface area contributed by atoms with E-state index in [1.165, 1.54) is 0 Å². The van der Waals surface area contributed by atoms with E-state index in [1.54, 1.807) is 24.3 Å². The molecule has 7 nitrogen and oxygen atoms in total. The lowest BCUT2D eigenvalue weighted by Crippen LogP contribution is -2.31. The summed E-state index contributed by atoms with van der Waals surface area (Å²) in [6, 6.07) is 14.8. The Bertz CT molecular complexity index is 820. The third kappa shape index (κ3) is 4.88. The Morgan fingerprint density at radius 2 is 1.19 bits per heavy atom. The second kappa shape index (κ2) is 8.90. The van der Waals surface area contributed by atoms with Crippen molar-refractivity contribution in [2.24, 2.45) is 22.1 Å². The van der Waals surface area contributed by atoms with Gasteiger partial charge in [-0.1, -0.05) is 65.2 Å². The van der Waals surface area contributed by atoms with Gasteiger partial charge in [0, 0.05) is 33.0 Å². The van der Waals surface area contributed by atoms with Crippen molar-refractivity contribution in [1.82, 2.24) is 0 Å². The van der Waals surface area contributed by atoms with Crippen molar-refractivity contribution in [3.05, 3.63) is 80.5 Å². The van der Waals surface area contributed by atoms with Crippen LogP contribution in [0.4, 0.5) is 11.4 Å². The summed E-state index contributed by atoms with van der Waals surface area (Å²) in [6.07, 6.45) is 4.34. The molecule has 1 aliphatic carbocycles. The molecule has 0 radical (unpaired) electrons. The highest BCUT2D eigenvalue weighted by molar-refractivity contribution is 5.84. The van der Waals surface area contributed by atoms with Crippen LogP contribution in [0.5, 0.6) is 0 Å². The van der Waals surface area contributed by atoms with Crippen molar-refractivity contribution in [3.63, 3.8) is 0 Å². The molecule has 0 aliphatic heterocycles. The number of hydrogen-bond donors (Lipinski definition) is 0. The van der Waals surface area contributed by atoms with E-state index in [4.69, 9.17) is 11.1 Å². The first kappa shape index (κ1) is 18.5. The number of azide groups is 2. The van der Waals surface area contributed by atoms with Crippen LogP contribution in [-0.4, -0.2) is 5.78 Å². The van der Waals surface area contributed by atoms with E-state index in [1.807, 2.05) is 24.3 Å². The minimum atomic E-state index is 0.0385. The molecule has 3 rings (SSSR count). The molecule has 2 atom stereocenters. The number of nitrogens with zero attached hydrogens (tertiary/aromatic N) is 6. The van der Waals surface area contributed by atoms with Crippen LogP contribution in [0.15, 0.2) is 58.8 Å². The lowest BCUT2D eigenvalue weighted by molar-refractivity contribution is -0.129. The first-order valence-electron chi connectivity index (χ1n) is 9.01. The summed E-state index contributed by atoms with van der Waals surface area (Å²) in [5, 5.41) is 7.15. The Hall–Kier alpha value is -3.27. The minimum absolute atomic E-state index is 0.0385. The van der Waals surface area contributed by atoms with Crippen LogP contribution in [0.3, 0.4) is 0 Å². The third-order valence-corrected chi connectivity index (χ3v) is 5.07. The molecule has 0 bridgehead atoms. The van der Waals surface area contributed by atoms with Crippen molar-refractivity contribution in [3.8, 4) is 0 Å². The molecule has 7 heteroatoms. The Balaban J connectivity index is 1.64. The Morgan fingerprint density at radius 1 is 0.778 bits per heavy atom. The predicted octanol–water partition coefficient (Wildman–Crippen LogP) is 6.34. The fraction of sp³-hybridized carbons (Fsp3) is 0.350. The van der Waals surface area contributed by atoms with Gasteiger partial charge in [-0.3, -0.25) is 4.79 Å². The summed E-state index contributed by atoms with van der Waals surface area (Å²) in [7, 11) is 0. The standard InChI is InChI=1S/C20H20N6O/c21-25-23-18-8-4-14(5-9-18)12-16-2-1-3-17(20(16)27)13-15-6-10-19(11-7-15)24-26-22/h4-11,16-17H,1-3,12-13H2. The smallest absolute Gasteiger partial charge is 0.139 e. The molecule has 0 amide bonds. The van der Waals surface area contributed by atoms with E-state index in [-0.39, 0.29) is 11.8 Å². The molecule has 2 aromatic carbocycles. The molecule has 27 heavy (non-hydrogen) atoms. The maximum Gasteiger partial charge on any atom is 0.139 e. The summed E-state index contributed by atoms with van der Waals surface area (Å²) in [5.74, 6) is 0.410. The Labute approximate surface area is 157 Å². The zero-order valence-electron chi connectivity index (χ0n) is 14.9. The van der Waals surface area contributed by atoms with Crippen molar-refractivity contribution < 1.29 is 4.79 Å². The number of ketones is 1. The van der Waals surface area contributed by atoms with Crippen LogP contribution >= 0.6 is 0 Å². The van der Waals surface area contributed by atoms with Gasteiger partial charge >= 0.3 is 0 Å². The highest BCUT2D eigenvalue weighted by Gasteiger charge is 2.31. The molecule has 136 valence electrons. The number of rotatable bonds is 6. The first-order chi connectivity index (χ1) is 13.2. The SMILES string of the molecule is [N-]=[N+]=Nc1ccc(CC2CCCC(Cc3ccc(N=[N+]=[N-])cc3)C2=O)cc1. The molecule has 0 spiro atoms. The molecular weight excluding hydrogens is 340 g/mol. The molecule has 0 aromatic heterocycles. The number of Topliss-reactive ketones (excluding diaryl/α,β-unsaturated/α-hetero) is 1. The Morgan fingerprint density at radius 3 is 1.56 bits per heavy atom. The van der Waals surface area contributed by atoms with Gasteiger partial charge in [0.2, 0.25) is 0 Å². The average molecular weight is 360 g/mol. The fourth-order valence-electron chi connectivity index (χ4n) is 3.70. The van der Waals surface area contributed by atoms with Crippen LogP contribution in [0, 0.1) is 11.8 Å². The van der Waals surface area contributed by atoms with E-state index >= 15 is 0 Å². The van der Waals surface area contributed by atoms with Crippen molar-refractivity contribution in [2.45, 2.75) is 32.1 Å². The summed E-state index contributed by atoms with van der Waals surface area (Å²) in [5.41, 5.74) is 20.3. The normalized spacial score (nSPS) is 19.0. The molecule has 1 saturated carbocycles. The lowest BCUT2D eigenvalue weighted by atomic mass is 9.75. The fourth-order valence-corrected chi connectivity index (χ4v) is 3.70. The zero-order chi connectivity index (χ0) is 19.1. The second-order valence-electron chi connectivity index (χ2n) is 6.85. The zero-order valence-corrected chi connectivity index (χ0v) is 14.9. The molecule has 1 fully saturated rings. The van der Waals surface area contributed by atoms with Crippen LogP contribution in [-0.2, 0) is 17.6 Å². The molecule has 0 N–H and O–H groups in total. The van der Waals surface area contributed by atoms with Gasteiger partial charge in [-0.05, 0) is 47.9 Å². The molecule has 0 heterocycles. The summed E-state index contributed by atoms with van der Waals surface area (Å²) in [6.45, 7) is 0. The maximum atomic E-state index is 12.9. The second-order valence-corrected chi connectivity index (χ2v) is 6.85. The van der Waals surface area contributed by atoms with Crippen molar-refractivity contribution in [1.29, 1.82) is 0 Å². The largest absolute Gasteiger partial charge is 0.299 e. The van der Waals surface area contributed by atoms with Crippen LogP contribution < -0.4 is 0 Å². The molecule has 2 aromatic rings. The van der Waals surface area contributed by atoms with Gasteiger partial charge in [0.25, 0.3) is 0 Å². The third-order valence-electron chi connectivity index (χ3n) is 5.07. The monoisotopic (exact) mass is 360 g/mol. The van der Waals surface area contributed by atoms with Gasteiger partial charge in [0.15, 0.2) is 0 Å². The van der Waals surface area contributed by atoms with E-state index in [9.17, 15) is 4.79 Å². The molecule has 1 aliphatic rings. The van der Waals surface area contributed by atoms with Gasteiger partial charge in [0.1, 0.15) is 5.78 Å². The minimum Gasteiger partial charge on any atom is -0.299 e.